The number of benzene rings is 1. The van der Waals surface area contributed by atoms with Crippen LogP contribution in [0.1, 0.15) is 47.0 Å². The first-order chi connectivity index (χ1) is 12.0. The first-order valence-corrected chi connectivity index (χ1v) is 9.58. The Morgan fingerprint density at radius 3 is 2.31 bits per heavy atom. The summed E-state index contributed by atoms with van der Waals surface area (Å²) < 4.78 is 0. The standard InChI is InChI=1S/C20H28ClN3O2/c1-19(2)10-15(11-20(3,4)23-19)22-18(26)13-9-17(25)24(12-13)16-7-5-14(21)6-8-16/h5-8,13,15,23H,9-12H2,1-4H3,(H,22,26)/t13-/m1/s1. The lowest BCUT2D eigenvalue weighted by molar-refractivity contribution is -0.127. The van der Waals surface area contributed by atoms with E-state index in [1.54, 1.807) is 17.0 Å². The highest BCUT2D eigenvalue weighted by molar-refractivity contribution is 6.30. The SMILES string of the molecule is CC1(C)CC(NC(=O)[C@@H]2CC(=O)N(c3ccc(Cl)cc3)C2)CC(C)(C)N1. The fraction of sp³-hybridized carbons (Fsp3) is 0.600. The van der Waals surface area contributed by atoms with Crippen molar-refractivity contribution in [3.63, 3.8) is 0 Å². The van der Waals surface area contributed by atoms with Crippen LogP contribution in [0.15, 0.2) is 24.3 Å². The Hall–Kier alpha value is -1.59. The molecule has 1 atom stereocenters. The van der Waals surface area contributed by atoms with Crippen LogP contribution in [-0.4, -0.2) is 35.5 Å². The molecule has 0 aromatic heterocycles. The van der Waals surface area contributed by atoms with Crippen LogP contribution in [0.5, 0.6) is 0 Å². The van der Waals surface area contributed by atoms with Crippen molar-refractivity contribution < 1.29 is 9.59 Å². The molecule has 0 unspecified atom stereocenters. The number of hydrogen-bond acceptors (Lipinski definition) is 3. The Kier molecular flexibility index (Phi) is 5.06. The number of halogens is 1. The van der Waals surface area contributed by atoms with Crippen molar-refractivity contribution in [2.24, 2.45) is 5.92 Å². The third-order valence-corrected chi connectivity index (χ3v) is 5.42. The minimum Gasteiger partial charge on any atom is -0.353 e. The van der Waals surface area contributed by atoms with Gasteiger partial charge in [0.2, 0.25) is 11.8 Å². The third-order valence-electron chi connectivity index (χ3n) is 5.17. The second kappa shape index (κ2) is 6.86. The van der Waals surface area contributed by atoms with Gasteiger partial charge in [0.15, 0.2) is 0 Å². The van der Waals surface area contributed by atoms with E-state index in [4.69, 9.17) is 11.6 Å². The van der Waals surface area contributed by atoms with Gasteiger partial charge in [-0.1, -0.05) is 11.6 Å². The van der Waals surface area contributed by atoms with E-state index in [1.807, 2.05) is 12.1 Å². The molecule has 0 aliphatic carbocycles. The molecule has 0 radical (unpaired) electrons. The molecule has 5 nitrogen and oxygen atoms in total. The average molecular weight is 378 g/mol. The van der Waals surface area contributed by atoms with Crippen LogP contribution in [-0.2, 0) is 9.59 Å². The smallest absolute Gasteiger partial charge is 0.227 e. The second-order valence-corrected chi connectivity index (χ2v) is 9.32. The van der Waals surface area contributed by atoms with Gasteiger partial charge in [-0.25, -0.2) is 0 Å². The largest absolute Gasteiger partial charge is 0.353 e. The summed E-state index contributed by atoms with van der Waals surface area (Å²) in [4.78, 5) is 26.8. The molecular formula is C20H28ClN3O2. The van der Waals surface area contributed by atoms with Crippen LogP contribution in [0.2, 0.25) is 5.02 Å². The summed E-state index contributed by atoms with van der Waals surface area (Å²) in [5.41, 5.74) is 0.736. The number of amides is 2. The Morgan fingerprint density at radius 2 is 1.73 bits per heavy atom. The van der Waals surface area contributed by atoms with Gasteiger partial charge in [-0.3, -0.25) is 9.59 Å². The zero-order chi connectivity index (χ0) is 19.1. The summed E-state index contributed by atoms with van der Waals surface area (Å²) in [7, 11) is 0. The van der Waals surface area contributed by atoms with E-state index >= 15 is 0 Å². The van der Waals surface area contributed by atoms with Crippen LogP contribution in [0.3, 0.4) is 0 Å². The van der Waals surface area contributed by atoms with Gasteiger partial charge in [0, 0.05) is 40.8 Å². The van der Waals surface area contributed by atoms with Crippen LogP contribution in [0, 0.1) is 5.92 Å². The molecule has 3 rings (SSSR count). The number of rotatable bonds is 3. The number of carbonyl (C=O) groups is 2. The quantitative estimate of drug-likeness (QED) is 0.850. The molecule has 0 spiro atoms. The molecule has 0 bridgehead atoms. The molecule has 2 amide bonds. The number of anilines is 1. The van der Waals surface area contributed by atoms with Gasteiger partial charge in [-0.05, 0) is 64.8 Å². The molecule has 1 aromatic rings. The van der Waals surface area contributed by atoms with Crippen LogP contribution in [0.4, 0.5) is 5.69 Å². The summed E-state index contributed by atoms with van der Waals surface area (Å²) in [5, 5.41) is 7.45. The minimum atomic E-state index is -0.306. The maximum Gasteiger partial charge on any atom is 0.227 e. The highest BCUT2D eigenvalue weighted by Crippen LogP contribution is 2.30. The van der Waals surface area contributed by atoms with Crippen molar-refractivity contribution in [2.45, 2.75) is 64.1 Å². The fourth-order valence-corrected chi connectivity index (χ4v) is 4.62. The van der Waals surface area contributed by atoms with Crippen molar-refractivity contribution in [3.8, 4) is 0 Å². The van der Waals surface area contributed by atoms with E-state index in [0.29, 0.717) is 11.6 Å². The molecule has 142 valence electrons. The normalized spacial score (nSPS) is 25.3. The van der Waals surface area contributed by atoms with E-state index in [1.165, 1.54) is 0 Å². The number of piperidine rings is 1. The summed E-state index contributed by atoms with van der Waals surface area (Å²) in [6.45, 7) is 9.07. The van der Waals surface area contributed by atoms with Gasteiger partial charge in [0.1, 0.15) is 0 Å². The molecule has 2 N–H and O–H groups in total. The van der Waals surface area contributed by atoms with Gasteiger partial charge in [0.05, 0.1) is 5.92 Å². The molecule has 26 heavy (non-hydrogen) atoms. The highest BCUT2D eigenvalue weighted by atomic mass is 35.5. The number of carbonyl (C=O) groups excluding carboxylic acids is 2. The minimum absolute atomic E-state index is 0.0153. The highest BCUT2D eigenvalue weighted by Gasteiger charge is 2.40. The number of hydrogen-bond donors (Lipinski definition) is 2. The summed E-state index contributed by atoms with van der Waals surface area (Å²) in [6, 6.07) is 7.28. The van der Waals surface area contributed by atoms with Crippen LogP contribution < -0.4 is 15.5 Å². The molecule has 2 heterocycles. The van der Waals surface area contributed by atoms with Gasteiger partial charge in [-0.15, -0.1) is 0 Å². The fourth-order valence-electron chi connectivity index (χ4n) is 4.50. The van der Waals surface area contributed by atoms with Gasteiger partial charge >= 0.3 is 0 Å². The van der Waals surface area contributed by atoms with Crippen molar-refractivity contribution in [1.82, 2.24) is 10.6 Å². The van der Waals surface area contributed by atoms with Crippen molar-refractivity contribution in [1.29, 1.82) is 0 Å². The maximum atomic E-state index is 12.8. The van der Waals surface area contributed by atoms with E-state index in [-0.39, 0.29) is 41.3 Å². The number of nitrogens with one attached hydrogen (secondary N) is 2. The molecule has 6 heteroatoms. The zero-order valence-electron chi connectivity index (χ0n) is 15.9. The zero-order valence-corrected chi connectivity index (χ0v) is 16.7. The molecule has 1 aromatic carbocycles. The van der Waals surface area contributed by atoms with Gasteiger partial charge in [0.25, 0.3) is 0 Å². The van der Waals surface area contributed by atoms with Crippen LogP contribution in [0.25, 0.3) is 0 Å². The Balaban J connectivity index is 1.64. The third kappa shape index (κ3) is 4.38. The second-order valence-electron chi connectivity index (χ2n) is 8.89. The van der Waals surface area contributed by atoms with Crippen molar-refractivity contribution >= 4 is 29.1 Å². The Labute approximate surface area is 160 Å². The first kappa shape index (κ1) is 19.2. The summed E-state index contributed by atoms with van der Waals surface area (Å²) in [5.74, 6) is -0.342. The lowest BCUT2D eigenvalue weighted by Crippen LogP contribution is -2.62. The van der Waals surface area contributed by atoms with Gasteiger partial charge in [-0.2, -0.15) is 0 Å². The predicted octanol–water partition coefficient (Wildman–Crippen LogP) is 3.12. The Morgan fingerprint density at radius 1 is 1.15 bits per heavy atom. The van der Waals surface area contributed by atoms with E-state index in [2.05, 4.69) is 38.3 Å². The Bertz CT molecular complexity index is 684. The summed E-state index contributed by atoms with van der Waals surface area (Å²) >= 11 is 5.92. The van der Waals surface area contributed by atoms with E-state index < -0.39 is 0 Å². The first-order valence-electron chi connectivity index (χ1n) is 9.20. The topological polar surface area (TPSA) is 61.4 Å². The predicted molar refractivity (Wildman–Crippen MR) is 104 cm³/mol. The molecule has 2 aliphatic rings. The maximum absolute atomic E-state index is 12.8. The van der Waals surface area contributed by atoms with Crippen LogP contribution >= 0.6 is 11.6 Å². The molecule has 2 aliphatic heterocycles. The lowest BCUT2D eigenvalue weighted by Gasteiger charge is -2.46. The average Bonchev–Trinajstić information content (AvgIpc) is 2.87. The molecular weight excluding hydrogens is 350 g/mol. The van der Waals surface area contributed by atoms with E-state index in [0.717, 1.165) is 18.5 Å². The number of nitrogens with zero attached hydrogens (tertiary/aromatic N) is 1. The molecule has 0 saturated carbocycles. The monoisotopic (exact) mass is 377 g/mol. The van der Waals surface area contributed by atoms with Crippen molar-refractivity contribution in [3.05, 3.63) is 29.3 Å². The van der Waals surface area contributed by atoms with E-state index in [9.17, 15) is 9.59 Å². The molecule has 2 fully saturated rings. The molecule has 2 saturated heterocycles. The van der Waals surface area contributed by atoms with Gasteiger partial charge < -0.3 is 15.5 Å². The van der Waals surface area contributed by atoms with Crippen molar-refractivity contribution in [2.75, 3.05) is 11.4 Å². The summed E-state index contributed by atoms with van der Waals surface area (Å²) in [6.07, 6.45) is 2.01. The lowest BCUT2D eigenvalue weighted by atomic mass is 9.79.